The number of carbonyl (C=O) groups is 3. The number of carbonyl (C=O) groups excluding carboxylic acids is 3. The Morgan fingerprint density at radius 1 is 0.974 bits per heavy atom. The van der Waals surface area contributed by atoms with Crippen molar-refractivity contribution in [3.63, 3.8) is 0 Å². The number of esters is 1. The molecular weight excluding hydrogens is 480 g/mol. The Kier molecular flexibility index (Phi) is 9.96. The van der Waals surface area contributed by atoms with Crippen LogP contribution in [0.2, 0.25) is 0 Å². The fourth-order valence-corrected chi connectivity index (χ4v) is 5.34. The number of amides is 2. The van der Waals surface area contributed by atoms with Gasteiger partial charge in [0.15, 0.2) is 6.61 Å². The van der Waals surface area contributed by atoms with Crippen LogP contribution in [0.25, 0.3) is 6.08 Å². The molecule has 1 saturated carbocycles. The minimum absolute atomic E-state index is 0.0167. The predicted molar refractivity (Wildman–Crippen MR) is 146 cm³/mol. The molecular formula is C31H38N2O5. The summed E-state index contributed by atoms with van der Waals surface area (Å²) in [5.41, 5.74) is 2.27. The lowest BCUT2D eigenvalue weighted by Gasteiger charge is -2.22. The van der Waals surface area contributed by atoms with Crippen LogP contribution in [0.5, 0.6) is 5.75 Å². The van der Waals surface area contributed by atoms with Crippen molar-refractivity contribution in [2.45, 2.75) is 45.4 Å². The van der Waals surface area contributed by atoms with E-state index in [9.17, 15) is 14.4 Å². The summed E-state index contributed by atoms with van der Waals surface area (Å²) in [4.78, 5) is 39.8. The van der Waals surface area contributed by atoms with Gasteiger partial charge < -0.3 is 19.7 Å². The smallest absolute Gasteiger partial charge is 0.334 e. The SMILES string of the molecule is CCOC(=O)/C(=C/c1ccc(OCC(=O)NCCc2ccccc2)cc1)CC(=O)N1CC2CCCCC2C1. The molecule has 2 amide bonds. The molecule has 2 unspecified atom stereocenters. The molecule has 2 aliphatic rings. The van der Waals surface area contributed by atoms with Gasteiger partial charge >= 0.3 is 5.97 Å². The topological polar surface area (TPSA) is 84.9 Å². The second-order valence-electron chi connectivity index (χ2n) is 10.1. The van der Waals surface area contributed by atoms with Crippen molar-refractivity contribution in [3.05, 3.63) is 71.3 Å². The van der Waals surface area contributed by atoms with Crippen LogP contribution in [-0.2, 0) is 25.5 Å². The van der Waals surface area contributed by atoms with Crippen molar-refractivity contribution in [1.82, 2.24) is 10.2 Å². The summed E-state index contributed by atoms with van der Waals surface area (Å²) in [7, 11) is 0. The van der Waals surface area contributed by atoms with E-state index in [-0.39, 0.29) is 31.4 Å². The highest BCUT2D eigenvalue weighted by Crippen LogP contribution is 2.36. The Bertz CT molecular complexity index is 1100. The van der Waals surface area contributed by atoms with Crippen molar-refractivity contribution >= 4 is 23.9 Å². The van der Waals surface area contributed by atoms with E-state index in [4.69, 9.17) is 9.47 Å². The molecule has 0 spiro atoms. The fourth-order valence-electron chi connectivity index (χ4n) is 5.34. The molecule has 7 heteroatoms. The molecule has 2 atom stereocenters. The maximum atomic E-state index is 13.1. The summed E-state index contributed by atoms with van der Waals surface area (Å²) >= 11 is 0. The third-order valence-corrected chi connectivity index (χ3v) is 7.38. The van der Waals surface area contributed by atoms with Gasteiger partial charge in [0, 0.05) is 25.2 Å². The Labute approximate surface area is 225 Å². The molecule has 1 heterocycles. The lowest BCUT2D eigenvalue weighted by molar-refractivity contribution is -0.140. The van der Waals surface area contributed by atoms with Crippen LogP contribution < -0.4 is 10.1 Å². The van der Waals surface area contributed by atoms with Crippen LogP contribution >= 0.6 is 0 Å². The van der Waals surface area contributed by atoms with Crippen LogP contribution in [0.4, 0.5) is 0 Å². The van der Waals surface area contributed by atoms with Crippen LogP contribution in [0.3, 0.4) is 0 Å². The van der Waals surface area contributed by atoms with E-state index in [0.29, 0.717) is 29.7 Å². The highest BCUT2D eigenvalue weighted by Gasteiger charge is 2.36. The molecule has 2 aromatic rings. The molecule has 2 fully saturated rings. The van der Waals surface area contributed by atoms with Gasteiger partial charge in [-0.15, -0.1) is 0 Å². The summed E-state index contributed by atoms with van der Waals surface area (Å²) < 4.78 is 10.8. The summed E-state index contributed by atoms with van der Waals surface area (Å²) in [5, 5.41) is 2.86. The largest absolute Gasteiger partial charge is 0.484 e. The van der Waals surface area contributed by atoms with Crippen molar-refractivity contribution in [2.24, 2.45) is 11.8 Å². The first-order valence-corrected chi connectivity index (χ1v) is 13.7. The van der Waals surface area contributed by atoms with Crippen LogP contribution in [-0.4, -0.2) is 55.5 Å². The van der Waals surface area contributed by atoms with Gasteiger partial charge in [-0.25, -0.2) is 4.79 Å². The Morgan fingerprint density at radius 3 is 2.32 bits per heavy atom. The number of rotatable bonds is 11. The number of nitrogens with zero attached hydrogens (tertiary/aromatic N) is 1. The first-order valence-electron chi connectivity index (χ1n) is 13.7. The third-order valence-electron chi connectivity index (χ3n) is 7.38. The summed E-state index contributed by atoms with van der Waals surface area (Å²) in [5.74, 6) is 1.08. The summed E-state index contributed by atoms with van der Waals surface area (Å²) in [6, 6.07) is 17.1. The zero-order valence-electron chi connectivity index (χ0n) is 22.2. The monoisotopic (exact) mass is 518 g/mol. The molecule has 202 valence electrons. The zero-order chi connectivity index (χ0) is 26.7. The van der Waals surface area contributed by atoms with Gasteiger partial charge in [-0.05, 0) is 67.4 Å². The second-order valence-corrected chi connectivity index (χ2v) is 10.1. The molecule has 2 aromatic carbocycles. The van der Waals surface area contributed by atoms with E-state index in [1.807, 2.05) is 35.2 Å². The minimum Gasteiger partial charge on any atom is -0.484 e. The quantitative estimate of drug-likeness (QED) is 0.352. The molecule has 0 radical (unpaired) electrons. The lowest BCUT2D eigenvalue weighted by Crippen LogP contribution is -2.30. The highest BCUT2D eigenvalue weighted by molar-refractivity contribution is 5.99. The molecule has 0 bridgehead atoms. The first-order chi connectivity index (χ1) is 18.5. The van der Waals surface area contributed by atoms with E-state index < -0.39 is 5.97 Å². The van der Waals surface area contributed by atoms with Crippen molar-refractivity contribution in [3.8, 4) is 5.75 Å². The molecule has 1 aliphatic heterocycles. The number of fused-ring (bicyclic) bond motifs is 1. The maximum Gasteiger partial charge on any atom is 0.334 e. The number of hydrogen-bond acceptors (Lipinski definition) is 5. The molecule has 0 aromatic heterocycles. The number of benzene rings is 2. The van der Waals surface area contributed by atoms with Gasteiger partial charge in [0.25, 0.3) is 5.91 Å². The van der Waals surface area contributed by atoms with Gasteiger partial charge in [-0.3, -0.25) is 9.59 Å². The minimum atomic E-state index is -0.468. The van der Waals surface area contributed by atoms with Gasteiger partial charge in [-0.1, -0.05) is 55.3 Å². The summed E-state index contributed by atoms with van der Waals surface area (Å²) in [6.07, 6.45) is 7.37. The highest BCUT2D eigenvalue weighted by atomic mass is 16.5. The molecule has 38 heavy (non-hydrogen) atoms. The van der Waals surface area contributed by atoms with E-state index in [0.717, 1.165) is 25.1 Å². The number of likely N-dealkylation sites (tertiary alicyclic amines) is 1. The Morgan fingerprint density at radius 2 is 1.66 bits per heavy atom. The Hall–Kier alpha value is -3.61. The van der Waals surface area contributed by atoms with Crippen molar-refractivity contribution in [2.75, 3.05) is 32.8 Å². The van der Waals surface area contributed by atoms with Crippen LogP contribution in [0.1, 0.15) is 50.2 Å². The Balaban J connectivity index is 1.29. The first kappa shape index (κ1) is 27.4. The molecule has 4 rings (SSSR count). The molecule has 1 saturated heterocycles. The van der Waals surface area contributed by atoms with E-state index in [1.54, 1.807) is 37.3 Å². The van der Waals surface area contributed by atoms with Gasteiger partial charge in [0.05, 0.1) is 13.0 Å². The zero-order valence-corrected chi connectivity index (χ0v) is 22.2. The molecule has 1 aliphatic carbocycles. The van der Waals surface area contributed by atoms with E-state index in [2.05, 4.69) is 5.32 Å². The summed E-state index contributed by atoms with van der Waals surface area (Å²) in [6.45, 7) is 4.07. The van der Waals surface area contributed by atoms with Crippen LogP contribution in [0.15, 0.2) is 60.2 Å². The predicted octanol–water partition coefficient (Wildman–Crippen LogP) is 4.41. The number of ether oxygens (including phenoxy) is 2. The molecule has 1 N–H and O–H groups in total. The number of hydrogen-bond donors (Lipinski definition) is 1. The lowest BCUT2D eigenvalue weighted by atomic mass is 9.82. The van der Waals surface area contributed by atoms with Gasteiger partial charge in [-0.2, -0.15) is 0 Å². The van der Waals surface area contributed by atoms with E-state index in [1.165, 1.54) is 31.2 Å². The maximum absolute atomic E-state index is 13.1. The second kappa shape index (κ2) is 13.8. The average molecular weight is 519 g/mol. The third kappa shape index (κ3) is 7.94. The van der Waals surface area contributed by atoms with Crippen molar-refractivity contribution in [1.29, 1.82) is 0 Å². The molecule has 7 nitrogen and oxygen atoms in total. The fraction of sp³-hybridized carbons (Fsp3) is 0.452. The van der Waals surface area contributed by atoms with Gasteiger partial charge in [0.1, 0.15) is 5.75 Å². The van der Waals surface area contributed by atoms with Crippen LogP contribution in [0, 0.1) is 11.8 Å². The normalized spacial score (nSPS) is 19.0. The van der Waals surface area contributed by atoms with E-state index >= 15 is 0 Å². The number of nitrogens with one attached hydrogen (secondary N) is 1. The average Bonchev–Trinajstić information content (AvgIpc) is 3.38. The van der Waals surface area contributed by atoms with Crippen molar-refractivity contribution < 1.29 is 23.9 Å². The van der Waals surface area contributed by atoms with Gasteiger partial charge in [0.2, 0.25) is 5.91 Å². The standard InChI is InChI=1S/C31H38N2O5/c1-2-37-31(36)27(19-30(35)33-20-25-10-6-7-11-26(25)21-33)18-24-12-14-28(15-13-24)38-22-29(34)32-17-16-23-8-4-3-5-9-23/h3-5,8-9,12-15,18,25-26H,2,6-7,10-11,16-17,19-22H2,1H3,(H,32,34)/b27-18+.